The van der Waals surface area contributed by atoms with Crippen LogP contribution < -0.4 is 10.4 Å². The lowest BCUT2D eigenvalue weighted by atomic mass is 9.63. The number of hydrogen-bond donors (Lipinski definition) is 0. The number of rotatable bonds is 10. The molecule has 50 heavy (non-hydrogen) atoms. The molecule has 3 saturated carbocycles. The molecule has 2 aromatic carbocycles. The molecule has 8 heteroatoms. The van der Waals surface area contributed by atoms with Gasteiger partial charge in [0.2, 0.25) is 0 Å². The molecule has 0 N–H and O–H groups in total. The highest BCUT2D eigenvalue weighted by atomic mass is 28.4. The van der Waals surface area contributed by atoms with Gasteiger partial charge in [0.15, 0.2) is 8.32 Å². The minimum atomic E-state index is -2.87. The monoisotopic (exact) mass is 716 g/mol. The van der Waals surface area contributed by atoms with E-state index in [0.717, 1.165) is 44.9 Å². The Bertz CT molecular complexity index is 1520. The molecule has 6 nitrogen and oxygen atoms in total. The number of fused-ring (bicyclic) bond motifs is 4. The van der Waals surface area contributed by atoms with E-state index >= 15 is 0 Å². The molecule has 0 unspecified atom stereocenters. The van der Waals surface area contributed by atoms with Crippen molar-refractivity contribution < 1.29 is 27.9 Å². The van der Waals surface area contributed by atoms with Crippen molar-refractivity contribution in [2.75, 3.05) is 13.9 Å². The lowest BCUT2D eigenvalue weighted by Crippen LogP contribution is -2.69. The highest BCUT2D eigenvalue weighted by Crippen LogP contribution is 2.60. The van der Waals surface area contributed by atoms with Gasteiger partial charge in [-0.15, -0.1) is 0 Å². The topological polar surface area (TPSA) is 63.2 Å². The van der Waals surface area contributed by atoms with Crippen LogP contribution in [0, 0.1) is 17.3 Å². The van der Waals surface area contributed by atoms with Crippen LogP contribution in [-0.4, -0.2) is 60.4 Å². The summed E-state index contributed by atoms with van der Waals surface area (Å²) in [5, 5.41) is 2.44. The Labute approximate surface area is 303 Å². The maximum atomic E-state index is 12.8. The highest BCUT2D eigenvalue weighted by molar-refractivity contribution is 6.99. The molecule has 0 bridgehead atoms. The average Bonchev–Trinajstić information content (AvgIpc) is 3.27. The Morgan fingerprint density at radius 3 is 2.12 bits per heavy atom. The van der Waals surface area contributed by atoms with E-state index in [9.17, 15) is 4.79 Å². The first-order valence-electron chi connectivity index (χ1n) is 18.8. The van der Waals surface area contributed by atoms with Crippen molar-refractivity contribution >= 4 is 33.0 Å². The first-order valence-corrected chi connectivity index (χ1v) is 24.1. The summed E-state index contributed by atoms with van der Waals surface area (Å²) in [6.45, 7) is 18.2. The van der Waals surface area contributed by atoms with Crippen molar-refractivity contribution in [3.63, 3.8) is 0 Å². The summed E-state index contributed by atoms with van der Waals surface area (Å²) in [5.41, 5.74) is 1.91. The van der Waals surface area contributed by atoms with Crippen molar-refractivity contribution in [2.45, 2.75) is 128 Å². The van der Waals surface area contributed by atoms with Crippen LogP contribution >= 0.6 is 0 Å². The van der Waals surface area contributed by atoms with Gasteiger partial charge in [-0.3, -0.25) is 4.79 Å². The van der Waals surface area contributed by atoms with Crippen LogP contribution in [0.3, 0.4) is 0 Å². The quantitative estimate of drug-likeness (QED) is 0.140. The van der Waals surface area contributed by atoms with Crippen molar-refractivity contribution in [3.05, 3.63) is 84.0 Å². The maximum absolute atomic E-state index is 12.8. The van der Waals surface area contributed by atoms with E-state index in [2.05, 4.69) is 120 Å². The first-order chi connectivity index (χ1) is 23.6. The summed E-state index contributed by atoms with van der Waals surface area (Å²) in [5.74, 6) is 0.0579. The predicted octanol–water partition coefficient (Wildman–Crippen LogP) is 8.32. The summed E-state index contributed by atoms with van der Waals surface area (Å²) in [4.78, 5) is 12.8. The fourth-order valence-electron chi connectivity index (χ4n) is 10.2. The number of carbonyl (C=O) groups excluding carboxylic acids is 1. The second kappa shape index (κ2) is 14.2. The smallest absolute Gasteiger partial charge is 0.303 e. The summed E-state index contributed by atoms with van der Waals surface area (Å²) in [7, 11) is -3.21. The Kier molecular flexibility index (Phi) is 10.7. The minimum Gasteiger partial charge on any atom is -0.458 e. The van der Waals surface area contributed by atoms with Gasteiger partial charge in [-0.25, -0.2) is 0 Å². The molecule has 3 fully saturated rings. The van der Waals surface area contributed by atoms with Crippen LogP contribution in [0.1, 0.15) is 79.6 Å². The van der Waals surface area contributed by atoms with Crippen molar-refractivity contribution in [1.29, 1.82) is 0 Å². The lowest BCUT2D eigenvalue weighted by Gasteiger charge is -2.53. The summed E-state index contributed by atoms with van der Waals surface area (Å²) in [6, 6.07) is 22.0. The van der Waals surface area contributed by atoms with Crippen LogP contribution in [0.25, 0.3) is 0 Å². The summed E-state index contributed by atoms with van der Waals surface area (Å²) >= 11 is 0. The van der Waals surface area contributed by atoms with Gasteiger partial charge in [-0.05, 0) is 97.1 Å². The zero-order valence-electron chi connectivity index (χ0n) is 31.9. The van der Waals surface area contributed by atoms with Crippen LogP contribution in [0.15, 0.2) is 84.0 Å². The number of hydrogen-bond acceptors (Lipinski definition) is 6. The van der Waals surface area contributed by atoms with Gasteiger partial charge >= 0.3 is 5.97 Å². The summed E-state index contributed by atoms with van der Waals surface area (Å²) in [6.07, 6.45) is 11.1. The lowest BCUT2D eigenvalue weighted by molar-refractivity contribution is -0.151. The van der Waals surface area contributed by atoms with Crippen molar-refractivity contribution in [2.24, 2.45) is 17.3 Å². The molecular weight excluding hydrogens is 657 g/mol. The van der Waals surface area contributed by atoms with E-state index in [1.165, 1.54) is 28.4 Å². The molecule has 0 aliphatic heterocycles. The zero-order chi connectivity index (χ0) is 36.0. The second-order valence-electron chi connectivity index (χ2n) is 17.5. The van der Waals surface area contributed by atoms with Gasteiger partial charge in [0, 0.05) is 25.4 Å². The molecule has 4 aliphatic carbocycles. The average molecular weight is 717 g/mol. The fraction of sp³-hybridized carbons (Fsp3) is 0.595. The number of methoxy groups -OCH3 is 1. The van der Waals surface area contributed by atoms with Crippen LogP contribution in [0.4, 0.5) is 0 Å². The fourth-order valence-corrected chi connectivity index (χ4v) is 16.4. The van der Waals surface area contributed by atoms with Crippen LogP contribution in [0.5, 0.6) is 0 Å². The number of ether oxygens (including phenoxy) is 3. The number of benzene rings is 2. The molecule has 4 aliphatic rings. The van der Waals surface area contributed by atoms with Crippen molar-refractivity contribution in [1.82, 2.24) is 0 Å². The SMILES string of the molecule is COCO[C@H]1CC[C@H]2C3=CC[C@@]4(O[Si](C)(C)C)CCC[C@H](O[Si](c5ccccc5)(c5ccccc5)C(C)(C)C)[C@H]4C=C3[C@@H](OC(C)=O)C[C@]12C. The normalized spacial score (nSPS) is 31.4. The molecule has 0 amide bonds. The van der Waals surface area contributed by atoms with E-state index in [-0.39, 0.29) is 47.4 Å². The number of esters is 1. The molecule has 272 valence electrons. The molecule has 2 aromatic rings. The third kappa shape index (κ3) is 6.93. The maximum Gasteiger partial charge on any atom is 0.303 e. The van der Waals surface area contributed by atoms with E-state index in [0.29, 0.717) is 5.92 Å². The highest BCUT2D eigenvalue weighted by Gasteiger charge is 2.59. The molecule has 0 aromatic heterocycles. The third-order valence-electron chi connectivity index (χ3n) is 12.0. The van der Waals surface area contributed by atoms with Gasteiger partial charge in [0.1, 0.15) is 12.9 Å². The third-order valence-corrected chi connectivity index (χ3v) is 18.1. The first kappa shape index (κ1) is 37.4. The van der Waals surface area contributed by atoms with E-state index < -0.39 is 22.2 Å². The minimum absolute atomic E-state index is 0.00210. The molecular formula is C42H60O6Si2. The van der Waals surface area contributed by atoms with Gasteiger partial charge in [-0.2, -0.15) is 0 Å². The van der Waals surface area contributed by atoms with Gasteiger partial charge in [-0.1, -0.05) is 101 Å². The van der Waals surface area contributed by atoms with Gasteiger partial charge in [0.25, 0.3) is 8.32 Å². The molecule has 0 saturated heterocycles. The van der Waals surface area contributed by atoms with Crippen LogP contribution in [0.2, 0.25) is 24.7 Å². The molecule has 0 spiro atoms. The Hall–Kier alpha value is -2.34. The van der Waals surface area contributed by atoms with E-state index in [4.69, 9.17) is 23.1 Å². The zero-order valence-corrected chi connectivity index (χ0v) is 33.9. The van der Waals surface area contributed by atoms with E-state index in [1.54, 1.807) is 7.11 Å². The van der Waals surface area contributed by atoms with Crippen molar-refractivity contribution in [3.8, 4) is 0 Å². The second-order valence-corrected chi connectivity index (χ2v) is 26.2. The Balaban J connectivity index is 1.52. The largest absolute Gasteiger partial charge is 0.458 e. The Morgan fingerprint density at radius 1 is 0.920 bits per heavy atom. The van der Waals surface area contributed by atoms with Crippen LogP contribution in [-0.2, 0) is 27.9 Å². The standard InChI is InChI=1S/C42H60O6Si2/c1-30(43)46-38-28-41(5)35(22-23-39(41)45-29-44-6)33-24-26-42(48-49(7,8)9)25-16-21-37(36(42)27-34(33)38)47-50(40(2,3)4,31-17-12-10-13-18-31)32-19-14-11-15-20-32/h10-15,17-20,24,27,35-39H,16,21-23,25-26,28-29H2,1-9H3/t35-,36+,37-,38-,39-,41-,42-/m0/s1. The van der Waals surface area contributed by atoms with Gasteiger partial charge in [0.05, 0.1) is 17.8 Å². The predicted molar refractivity (Wildman–Crippen MR) is 206 cm³/mol. The summed E-state index contributed by atoms with van der Waals surface area (Å²) < 4.78 is 33.4. The molecule has 7 atom stereocenters. The van der Waals surface area contributed by atoms with Gasteiger partial charge < -0.3 is 23.1 Å². The molecule has 0 radical (unpaired) electrons. The van der Waals surface area contributed by atoms with E-state index in [1.807, 2.05) is 0 Å². The molecule has 0 heterocycles. The molecule has 6 rings (SSSR count). The number of carbonyl (C=O) groups is 1. The Morgan fingerprint density at radius 2 is 1.56 bits per heavy atom.